The van der Waals surface area contributed by atoms with Crippen LogP contribution in [0.2, 0.25) is 0 Å². The Morgan fingerprint density at radius 1 is 1.40 bits per heavy atom. The molecule has 0 saturated heterocycles. The van der Waals surface area contributed by atoms with Crippen molar-refractivity contribution in [3.63, 3.8) is 0 Å². The second-order valence-electron chi connectivity index (χ2n) is 4.56. The highest BCUT2D eigenvalue weighted by molar-refractivity contribution is 5.77. The number of para-hydroxylation sites is 1. The van der Waals surface area contributed by atoms with E-state index in [2.05, 4.69) is 10.3 Å². The highest BCUT2D eigenvalue weighted by Crippen LogP contribution is 2.15. The van der Waals surface area contributed by atoms with E-state index in [1.54, 1.807) is 12.5 Å². The summed E-state index contributed by atoms with van der Waals surface area (Å²) in [5.41, 5.74) is 1.03. The van der Waals surface area contributed by atoms with Crippen molar-refractivity contribution in [2.75, 3.05) is 13.2 Å². The van der Waals surface area contributed by atoms with E-state index in [1.807, 2.05) is 42.0 Å². The van der Waals surface area contributed by atoms with Gasteiger partial charge >= 0.3 is 0 Å². The number of hydrogen-bond donors (Lipinski definition) is 1. The number of carbonyl (C=O) groups excluding carboxylic acids is 1. The van der Waals surface area contributed by atoms with E-state index >= 15 is 0 Å². The van der Waals surface area contributed by atoms with Crippen molar-refractivity contribution in [2.45, 2.75) is 19.9 Å². The first kappa shape index (κ1) is 14.1. The lowest BCUT2D eigenvalue weighted by molar-refractivity contribution is -0.123. The molecule has 0 bridgehead atoms. The number of nitrogens with one attached hydrogen (secondary N) is 1. The summed E-state index contributed by atoms with van der Waals surface area (Å²) in [5.74, 6) is 0.653. The van der Waals surface area contributed by atoms with E-state index < -0.39 is 0 Å². The Morgan fingerprint density at radius 3 is 3.00 bits per heavy atom. The minimum absolute atomic E-state index is 0.0515. The molecule has 0 radical (unpaired) electrons. The third-order valence-electron chi connectivity index (χ3n) is 2.93. The van der Waals surface area contributed by atoms with Crippen molar-refractivity contribution in [1.29, 1.82) is 0 Å². The van der Waals surface area contributed by atoms with Crippen LogP contribution in [-0.2, 0) is 11.3 Å². The summed E-state index contributed by atoms with van der Waals surface area (Å²) < 4.78 is 7.46. The van der Waals surface area contributed by atoms with Crippen molar-refractivity contribution in [1.82, 2.24) is 14.9 Å². The van der Waals surface area contributed by atoms with Crippen molar-refractivity contribution in [3.05, 3.63) is 48.5 Å². The molecule has 5 heteroatoms. The van der Waals surface area contributed by atoms with Gasteiger partial charge in [0.15, 0.2) is 6.61 Å². The van der Waals surface area contributed by atoms with Crippen LogP contribution >= 0.6 is 0 Å². The van der Waals surface area contributed by atoms with Crippen LogP contribution < -0.4 is 10.1 Å². The zero-order chi connectivity index (χ0) is 14.2. The van der Waals surface area contributed by atoms with E-state index in [0.29, 0.717) is 6.54 Å². The van der Waals surface area contributed by atoms with Crippen molar-refractivity contribution < 1.29 is 9.53 Å². The Kier molecular flexibility index (Phi) is 5.17. The van der Waals surface area contributed by atoms with Gasteiger partial charge in [0.25, 0.3) is 5.91 Å². The maximum Gasteiger partial charge on any atom is 0.257 e. The normalized spacial score (nSPS) is 10.2. The molecule has 0 spiro atoms. The molecule has 0 fully saturated rings. The highest BCUT2D eigenvalue weighted by atomic mass is 16.5. The zero-order valence-electron chi connectivity index (χ0n) is 11.6. The lowest BCUT2D eigenvalue weighted by Crippen LogP contribution is -2.30. The average Bonchev–Trinajstić information content (AvgIpc) is 2.96. The van der Waals surface area contributed by atoms with E-state index in [9.17, 15) is 4.79 Å². The summed E-state index contributed by atoms with van der Waals surface area (Å²) in [7, 11) is 0. The average molecular weight is 273 g/mol. The van der Waals surface area contributed by atoms with Crippen molar-refractivity contribution in [3.8, 4) is 5.75 Å². The largest absolute Gasteiger partial charge is 0.484 e. The SMILES string of the molecule is Cc1ccccc1OCC(=O)NCCCn1ccnc1. The molecule has 1 amide bonds. The fourth-order valence-corrected chi connectivity index (χ4v) is 1.82. The van der Waals surface area contributed by atoms with Crippen LogP contribution in [0.1, 0.15) is 12.0 Å². The van der Waals surface area contributed by atoms with Crippen LogP contribution in [0.3, 0.4) is 0 Å². The van der Waals surface area contributed by atoms with E-state index in [-0.39, 0.29) is 12.5 Å². The molecule has 0 unspecified atom stereocenters. The second kappa shape index (κ2) is 7.33. The number of imidazole rings is 1. The number of aromatic nitrogens is 2. The van der Waals surface area contributed by atoms with Crippen LogP contribution in [0.5, 0.6) is 5.75 Å². The van der Waals surface area contributed by atoms with Crippen LogP contribution in [0.4, 0.5) is 0 Å². The van der Waals surface area contributed by atoms with Gasteiger partial charge < -0.3 is 14.6 Å². The lowest BCUT2D eigenvalue weighted by atomic mass is 10.2. The standard InChI is InChI=1S/C15H19N3O2/c1-13-5-2-3-6-14(13)20-11-15(19)17-7-4-9-18-10-8-16-12-18/h2-3,5-6,8,10,12H,4,7,9,11H2,1H3,(H,17,19). The molecule has 1 aromatic heterocycles. The zero-order valence-corrected chi connectivity index (χ0v) is 11.6. The molecule has 0 atom stereocenters. The quantitative estimate of drug-likeness (QED) is 0.782. The Morgan fingerprint density at radius 2 is 2.25 bits per heavy atom. The molecule has 1 aromatic carbocycles. The molecule has 1 N–H and O–H groups in total. The Labute approximate surface area is 118 Å². The minimum Gasteiger partial charge on any atom is -0.484 e. The molecule has 20 heavy (non-hydrogen) atoms. The van der Waals surface area contributed by atoms with Gasteiger partial charge in [-0.25, -0.2) is 4.98 Å². The summed E-state index contributed by atoms with van der Waals surface area (Å²) in [6.45, 7) is 3.49. The predicted octanol–water partition coefficient (Wildman–Crippen LogP) is 1.78. The molecule has 2 aromatic rings. The Hall–Kier alpha value is -2.30. The fourth-order valence-electron chi connectivity index (χ4n) is 1.82. The molecule has 1 heterocycles. The molecule has 0 aliphatic rings. The van der Waals surface area contributed by atoms with Gasteiger partial charge in [0.2, 0.25) is 0 Å². The van der Waals surface area contributed by atoms with Gasteiger partial charge in [-0.3, -0.25) is 4.79 Å². The summed E-state index contributed by atoms with van der Waals surface area (Å²) in [5, 5.41) is 2.84. The molecule has 0 saturated carbocycles. The number of rotatable bonds is 7. The molecule has 5 nitrogen and oxygen atoms in total. The number of nitrogens with zero attached hydrogens (tertiary/aromatic N) is 2. The maximum atomic E-state index is 11.6. The second-order valence-corrected chi connectivity index (χ2v) is 4.56. The topological polar surface area (TPSA) is 56.1 Å². The van der Waals surface area contributed by atoms with Gasteiger partial charge in [0.05, 0.1) is 6.33 Å². The van der Waals surface area contributed by atoms with Gasteiger partial charge in [0.1, 0.15) is 5.75 Å². The van der Waals surface area contributed by atoms with E-state index in [4.69, 9.17) is 4.74 Å². The minimum atomic E-state index is -0.0983. The third kappa shape index (κ3) is 4.42. The van der Waals surface area contributed by atoms with Gasteiger partial charge in [-0.15, -0.1) is 0 Å². The van der Waals surface area contributed by atoms with Gasteiger partial charge in [-0.05, 0) is 25.0 Å². The highest BCUT2D eigenvalue weighted by Gasteiger charge is 2.03. The van der Waals surface area contributed by atoms with Gasteiger partial charge in [-0.2, -0.15) is 0 Å². The lowest BCUT2D eigenvalue weighted by Gasteiger charge is -2.09. The number of hydrogen-bond acceptors (Lipinski definition) is 3. The number of ether oxygens (including phenoxy) is 1. The fraction of sp³-hybridized carbons (Fsp3) is 0.333. The van der Waals surface area contributed by atoms with E-state index in [1.165, 1.54) is 0 Å². The van der Waals surface area contributed by atoms with Crippen molar-refractivity contribution in [2.24, 2.45) is 0 Å². The number of aryl methyl sites for hydroxylation is 2. The van der Waals surface area contributed by atoms with Crippen LogP contribution in [0, 0.1) is 6.92 Å². The molecular weight excluding hydrogens is 254 g/mol. The smallest absolute Gasteiger partial charge is 0.257 e. The Bertz CT molecular complexity index is 538. The molecule has 0 aliphatic heterocycles. The van der Waals surface area contributed by atoms with Gasteiger partial charge in [0, 0.05) is 25.5 Å². The van der Waals surface area contributed by atoms with Crippen LogP contribution in [-0.4, -0.2) is 28.6 Å². The third-order valence-corrected chi connectivity index (χ3v) is 2.93. The molecule has 2 rings (SSSR count). The number of benzene rings is 1. The van der Waals surface area contributed by atoms with Crippen molar-refractivity contribution >= 4 is 5.91 Å². The number of carbonyl (C=O) groups is 1. The molecular formula is C15H19N3O2. The van der Waals surface area contributed by atoms with Gasteiger partial charge in [-0.1, -0.05) is 18.2 Å². The first-order valence-electron chi connectivity index (χ1n) is 6.66. The molecule has 106 valence electrons. The monoisotopic (exact) mass is 273 g/mol. The molecule has 0 aliphatic carbocycles. The summed E-state index contributed by atoms with van der Waals surface area (Å²) in [4.78, 5) is 15.6. The maximum absolute atomic E-state index is 11.6. The Balaban J connectivity index is 1.62. The van der Waals surface area contributed by atoms with Crippen LogP contribution in [0.15, 0.2) is 43.0 Å². The number of amides is 1. The van der Waals surface area contributed by atoms with E-state index in [0.717, 1.165) is 24.3 Å². The summed E-state index contributed by atoms with van der Waals surface area (Å²) >= 11 is 0. The first-order valence-corrected chi connectivity index (χ1v) is 6.66. The first-order chi connectivity index (χ1) is 9.75. The predicted molar refractivity (Wildman–Crippen MR) is 76.5 cm³/mol. The summed E-state index contributed by atoms with van der Waals surface area (Å²) in [6.07, 6.45) is 6.29. The summed E-state index contributed by atoms with van der Waals surface area (Å²) in [6, 6.07) is 7.66. The van der Waals surface area contributed by atoms with Crippen LogP contribution in [0.25, 0.3) is 0 Å².